The molecule has 0 saturated carbocycles. The van der Waals surface area contributed by atoms with Gasteiger partial charge in [0.1, 0.15) is 6.04 Å². The minimum Gasteiger partial charge on any atom is -0.468 e. The molecule has 1 unspecified atom stereocenters. The van der Waals surface area contributed by atoms with Gasteiger partial charge in [-0.25, -0.2) is 0 Å². The molecule has 0 heterocycles. The van der Waals surface area contributed by atoms with Crippen LogP contribution in [0.1, 0.15) is 20.8 Å². The molecule has 0 aliphatic heterocycles. The van der Waals surface area contributed by atoms with Crippen LogP contribution in [0.25, 0.3) is 0 Å². The van der Waals surface area contributed by atoms with E-state index in [1.165, 1.54) is 7.11 Å². The first-order valence-electron chi connectivity index (χ1n) is 4.55. The summed E-state index contributed by atoms with van der Waals surface area (Å²) in [5, 5.41) is 3.11. The van der Waals surface area contributed by atoms with Crippen molar-refractivity contribution in [3.8, 4) is 0 Å². The van der Waals surface area contributed by atoms with Crippen LogP contribution in [-0.4, -0.2) is 25.7 Å². The lowest BCUT2D eigenvalue weighted by Gasteiger charge is -2.18. The molecule has 13 heavy (non-hydrogen) atoms. The van der Waals surface area contributed by atoms with Crippen molar-refractivity contribution in [3.05, 3.63) is 12.2 Å². The zero-order valence-corrected chi connectivity index (χ0v) is 8.83. The number of allylic oxidation sites excluding steroid dienone is 1. The first kappa shape index (κ1) is 12.2. The highest BCUT2D eigenvalue weighted by molar-refractivity contribution is 5.75. The van der Waals surface area contributed by atoms with Crippen LogP contribution in [0.4, 0.5) is 0 Å². The second-order valence-electron chi connectivity index (χ2n) is 3.22. The fraction of sp³-hybridized carbons (Fsp3) is 0.700. The first-order valence-corrected chi connectivity index (χ1v) is 4.55. The van der Waals surface area contributed by atoms with E-state index in [1.54, 1.807) is 0 Å². The number of carbonyl (C=O) groups is 1. The summed E-state index contributed by atoms with van der Waals surface area (Å²) in [5.41, 5.74) is 0. The van der Waals surface area contributed by atoms with E-state index in [0.717, 1.165) is 0 Å². The molecule has 0 radical (unpaired) electrons. The topological polar surface area (TPSA) is 38.3 Å². The van der Waals surface area contributed by atoms with Gasteiger partial charge >= 0.3 is 5.97 Å². The molecule has 0 amide bonds. The quantitative estimate of drug-likeness (QED) is 0.519. The summed E-state index contributed by atoms with van der Waals surface area (Å²) in [5.74, 6) is 0.0530. The molecule has 0 rings (SSSR count). The smallest absolute Gasteiger partial charge is 0.323 e. The van der Waals surface area contributed by atoms with Gasteiger partial charge in [-0.05, 0) is 12.8 Å². The second-order valence-corrected chi connectivity index (χ2v) is 3.22. The number of hydrogen-bond acceptors (Lipinski definition) is 3. The SMILES string of the molecule is CC=CCNC(C(=O)OC)C(C)C. The van der Waals surface area contributed by atoms with Crippen molar-refractivity contribution in [2.24, 2.45) is 5.92 Å². The van der Waals surface area contributed by atoms with Gasteiger partial charge in [0.05, 0.1) is 7.11 Å². The third kappa shape index (κ3) is 4.68. The van der Waals surface area contributed by atoms with Gasteiger partial charge in [-0.1, -0.05) is 26.0 Å². The molecule has 0 fully saturated rings. The third-order valence-corrected chi connectivity index (χ3v) is 1.81. The van der Waals surface area contributed by atoms with E-state index < -0.39 is 0 Å². The molecule has 0 aliphatic carbocycles. The molecule has 3 heteroatoms. The number of rotatable bonds is 5. The van der Waals surface area contributed by atoms with E-state index in [2.05, 4.69) is 10.1 Å². The number of carbonyl (C=O) groups excluding carboxylic acids is 1. The second kappa shape index (κ2) is 6.66. The molecule has 0 aliphatic rings. The molecule has 0 saturated heterocycles. The minimum atomic E-state index is -0.207. The maximum Gasteiger partial charge on any atom is 0.323 e. The van der Waals surface area contributed by atoms with Crippen molar-refractivity contribution < 1.29 is 9.53 Å². The van der Waals surface area contributed by atoms with Gasteiger partial charge < -0.3 is 10.1 Å². The van der Waals surface area contributed by atoms with Crippen LogP contribution in [0, 0.1) is 5.92 Å². The summed E-state index contributed by atoms with van der Waals surface area (Å²) < 4.78 is 4.68. The van der Waals surface area contributed by atoms with Crippen molar-refractivity contribution >= 4 is 5.97 Å². The molecule has 0 aromatic carbocycles. The zero-order valence-electron chi connectivity index (χ0n) is 8.83. The Morgan fingerprint density at radius 1 is 1.54 bits per heavy atom. The molecule has 0 spiro atoms. The van der Waals surface area contributed by atoms with Crippen LogP contribution in [-0.2, 0) is 9.53 Å². The lowest BCUT2D eigenvalue weighted by atomic mass is 10.1. The van der Waals surface area contributed by atoms with Gasteiger partial charge in [-0.2, -0.15) is 0 Å². The first-order chi connectivity index (χ1) is 6.13. The molecule has 0 bridgehead atoms. The van der Waals surface area contributed by atoms with Crippen LogP contribution in [0.3, 0.4) is 0 Å². The summed E-state index contributed by atoms with van der Waals surface area (Å²) in [7, 11) is 1.41. The number of nitrogens with one attached hydrogen (secondary N) is 1. The van der Waals surface area contributed by atoms with E-state index in [1.807, 2.05) is 32.9 Å². The lowest BCUT2D eigenvalue weighted by Crippen LogP contribution is -2.41. The van der Waals surface area contributed by atoms with Gasteiger partial charge in [0.25, 0.3) is 0 Å². The van der Waals surface area contributed by atoms with E-state index in [4.69, 9.17) is 0 Å². The Bertz CT molecular complexity index is 176. The third-order valence-electron chi connectivity index (χ3n) is 1.81. The van der Waals surface area contributed by atoms with Gasteiger partial charge in [0.15, 0.2) is 0 Å². The van der Waals surface area contributed by atoms with Crippen LogP contribution in [0.5, 0.6) is 0 Å². The van der Waals surface area contributed by atoms with Crippen LogP contribution < -0.4 is 5.32 Å². The summed E-state index contributed by atoms with van der Waals surface area (Å²) in [4.78, 5) is 11.2. The van der Waals surface area contributed by atoms with Gasteiger partial charge in [-0.15, -0.1) is 0 Å². The zero-order chi connectivity index (χ0) is 10.3. The summed E-state index contributed by atoms with van der Waals surface area (Å²) >= 11 is 0. The molecule has 1 N–H and O–H groups in total. The standard InChI is InChI=1S/C10H19NO2/c1-5-6-7-11-9(8(2)3)10(12)13-4/h5-6,8-9,11H,7H2,1-4H3. The Morgan fingerprint density at radius 3 is 2.54 bits per heavy atom. The van der Waals surface area contributed by atoms with Crippen molar-refractivity contribution in [1.82, 2.24) is 5.32 Å². The van der Waals surface area contributed by atoms with E-state index >= 15 is 0 Å². The average Bonchev–Trinajstić information content (AvgIpc) is 2.11. The summed E-state index contributed by atoms with van der Waals surface area (Å²) in [6.45, 7) is 6.63. The predicted molar refractivity (Wildman–Crippen MR) is 53.5 cm³/mol. The minimum absolute atomic E-state index is 0.195. The lowest BCUT2D eigenvalue weighted by molar-refractivity contribution is -0.144. The molecular formula is C10H19NO2. The Hall–Kier alpha value is -0.830. The Morgan fingerprint density at radius 2 is 2.15 bits per heavy atom. The number of esters is 1. The van der Waals surface area contributed by atoms with Crippen molar-refractivity contribution in [2.75, 3.05) is 13.7 Å². The van der Waals surface area contributed by atoms with E-state index in [-0.39, 0.29) is 17.9 Å². The maximum atomic E-state index is 11.2. The van der Waals surface area contributed by atoms with Gasteiger partial charge in [0, 0.05) is 6.54 Å². The molecular weight excluding hydrogens is 166 g/mol. The van der Waals surface area contributed by atoms with Gasteiger partial charge in [0.2, 0.25) is 0 Å². The maximum absolute atomic E-state index is 11.2. The molecule has 0 aromatic rings. The van der Waals surface area contributed by atoms with E-state index in [0.29, 0.717) is 6.54 Å². The highest BCUT2D eigenvalue weighted by Crippen LogP contribution is 2.02. The highest BCUT2D eigenvalue weighted by Gasteiger charge is 2.21. The number of ether oxygens (including phenoxy) is 1. The molecule has 1 atom stereocenters. The highest BCUT2D eigenvalue weighted by atomic mass is 16.5. The van der Waals surface area contributed by atoms with E-state index in [9.17, 15) is 4.79 Å². The Kier molecular flexibility index (Phi) is 6.24. The van der Waals surface area contributed by atoms with Crippen molar-refractivity contribution in [3.63, 3.8) is 0 Å². The summed E-state index contributed by atoms with van der Waals surface area (Å²) in [6.07, 6.45) is 3.92. The summed E-state index contributed by atoms with van der Waals surface area (Å²) in [6, 6.07) is -0.207. The molecule has 76 valence electrons. The Balaban J connectivity index is 4.02. The van der Waals surface area contributed by atoms with Crippen molar-refractivity contribution in [2.45, 2.75) is 26.8 Å². The van der Waals surface area contributed by atoms with Gasteiger partial charge in [-0.3, -0.25) is 4.79 Å². The van der Waals surface area contributed by atoms with Crippen LogP contribution in [0.2, 0.25) is 0 Å². The number of hydrogen-bond donors (Lipinski definition) is 1. The largest absolute Gasteiger partial charge is 0.468 e. The number of methoxy groups -OCH3 is 1. The Labute approximate surface area is 80.2 Å². The fourth-order valence-electron chi connectivity index (χ4n) is 1.03. The molecule has 0 aromatic heterocycles. The fourth-order valence-corrected chi connectivity index (χ4v) is 1.03. The average molecular weight is 185 g/mol. The van der Waals surface area contributed by atoms with Crippen LogP contribution in [0.15, 0.2) is 12.2 Å². The monoisotopic (exact) mass is 185 g/mol. The molecule has 3 nitrogen and oxygen atoms in total. The van der Waals surface area contributed by atoms with Crippen molar-refractivity contribution in [1.29, 1.82) is 0 Å². The van der Waals surface area contributed by atoms with Crippen LogP contribution >= 0.6 is 0 Å². The normalized spacial score (nSPS) is 13.6. The predicted octanol–water partition coefficient (Wildman–Crippen LogP) is 1.35.